The Balaban J connectivity index is 1.53. The summed E-state index contributed by atoms with van der Waals surface area (Å²) in [7, 11) is 0. The maximum Gasteiger partial charge on any atom is 0.253 e. The fourth-order valence-corrected chi connectivity index (χ4v) is 5.26. The van der Waals surface area contributed by atoms with Gasteiger partial charge >= 0.3 is 0 Å². The summed E-state index contributed by atoms with van der Waals surface area (Å²) in [4.78, 5) is 23.3. The third-order valence-electron chi connectivity index (χ3n) is 7.08. The molecule has 0 aliphatic rings. The topological polar surface area (TPSA) is 106 Å². The van der Waals surface area contributed by atoms with Gasteiger partial charge in [0, 0.05) is 24.5 Å². The quantitative estimate of drug-likeness (QED) is 0.268. The summed E-state index contributed by atoms with van der Waals surface area (Å²) in [5.74, 6) is 0.872. The van der Waals surface area contributed by atoms with Gasteiger partial charge in [0.05, 0.1) is 24.9 Å². The zero-order valence-electron chi connectivity index (χ0n) is 22.7. The van der Waals surface area contributed by atoms with Crippen LogP contribution in [0.25, 0.3) is 10.9 Å². The molecule has 0 amide bonds. The minimum Gasteiger partial charge on any atom is -0.468 e. The molecule has 206 valence electrons. The Morgan fingerprint density at radius 2 is 1.88 bits per heavy atom. The minimum atomic E-state index is -0.662. The van der Waals surface area contributed by atoms with Crippen molar-refractivity contribution in [3.8, 4) is 0 Å². The normalized spacial score (nSPS) is 12.3. The molecule has 0 radical (unpaired) electrons. The third kappa shape index (κ3) is 5.68. The van der Waals surface area contributed by atoms with Gasteiger partial charge in [0.15, 0.2) is 5.82 Å². The first-order valence-electron chi connectivity index (χ1n) is 13.2. The Hall–Kier alpha value is -4.96. The number of fused-ring (bicyclic) bond motifs is 1. The summed E-state index contributed by atoms with van der Waals surface area (Å²) in [5, 5.41) is 13.6. The molecule has 0 aliphatic carbocycles. The molecule has 41 heavy (non-hydrogen) atoms. The number of hydrogen-bond donors (Lipinski definition) is 1. The Labute approximate surface area is 235 Å². The highest BCUT2D eigenvalue weighted by Crippen LogP contribution is 2.31. The molecule has 1 unspecified atom stereocenters. The van der Waals surface area contributed by atoms with Crippen molar-refractivity contribution in [2.24, 2.45) is 0 Å². The van der Waals surface area contributed by atoms with Crippen molar-refractivity contribution in [1.29, 1.82) is 0 Å². The van der Waals surface area contributed by atoms with Crippen LogP contribution in [0.3, 0.4) is 0 Å². The van der Waals surface area contributed by atoms with Gasteiger partial charge in [0.1, 0.15) is 17.6 Å². The average Bonchev–Trinajstić information content (AvgIpc) is 3.64. The van der Waals surface area contributed by atoms with E-state index < -0.39 is 6.04 Å². The lowest BCUT2D eigenvalue weighted by molar-refractivity contribution is 0.179. The van der Waals surface area contributed by atoms with Crippen LogP contribution < -0.4 is 5.56 Å². The Morgan fingerprint density at radius 3 is 2.63 bits per heavy atom. The van der Waals surface area contributed by atoms with E-state index >= 15 is 0 Å². The van der Waals surface area contributed by atoms with Crippen molar-refractivity contribution in [1.82, 2.24) is 35.1 Å². The lowest BCUT2D eigenvalue weighted by atomic mass is 10.00. The Morgan fingerprint density at radius 1 is 1.02 bits per heavy atom. The monoisotopic (exact) mass is 549 g/mol. The van der Waals surface area contributed by atoms with Crippen molar-refractivity contribution in [2.75, 3.05) is 0 Å². The molecule has 0 saturated heterocycles. The van der Waals surface area contributed by atoms with Crippen LogP contribution in [-0.2, 0) is 19.6 Å². The number of aromatic amines is 1. The molecule has 1 N–H and O–H groups in total. The summed E-state index contributed by atoms with van der Waals surface area (Å²) in [6.45, 7) is 5.12. The molecule has 0 spiro atoms. The average molecular weight is 550 g/mol. The maximum absolute atomic E-state index is 13.8. The molecule has 0 saturated carbocycles. The van der Waals surface area contributed by atoms with E-state index in [1.807, 2.05) is 50.2 Å². The maximum atomic E-state index is 13.8. The standard InChI is InChI=1S/C31H28FN7O2/c1-20-13-21(2)28-24(14-20)15-27(31(40)34-28)29(30-35-36-37-39(30)18-22-7-9-25(32)10-8-22)38(19-26-6-4-12-41-26)17-23-5-3-11-33-16-23/h3-16,29H,17-19H2,1-2H3,(H,34,40). The van der Waals surface area contributed by atoms with Crippen molar-refractivity contribution in [3.05, 3.63) is 141 Å². The molecular formula is C31H28FN7O2. The number of aryl methyl sites for hydroxylation is 2. The zero-order chi connectivity index (χ0) is 28.3. The number of rotatable bonds is 9. The smallest absolute Gasteiger partial charge is 0.253 e. The summed E-state index contributed by atoms with van der Waals surface area (Å²) in [6, 6.07) is 19.1. The number of H-pyrrole nitrogens is 1. The summed E-state index contributed by atoms with van der Waals surface area (Å²) in [5.41, 5.74) is 4.90. The van der Waals surface area contributed by atoms with E-state index in [0.717, 1.165) is 38.9 Å². The second kappa shape index (κ2) is 11.3. The third-order valence-corrected chi connectivity index (χ3v) is 7.08. The van der Waals surface area contributed by atoms with Crippen LogP contribution in [0.2, 0.25) is 0 Å². The lowest BCUT2D eigenvalue weighted by Gasteiger charge is -2.30. The number of tetrazole rings is 1. The molecule has 4 aromatic heterocycles. The predicted octanol–water partition coefficient (Wildman–Crippen LogP) is 5.10. The summed E-state index contributed by atoms with van der Waals surface area (Å²) < 4.78 is 21.0. The fourth-order valence-electron chi connectivity index (χ4n) is 5.26. The second-order valence-corrected chi connectivity index (χ2v) is 10.2. The van der Waals surface area contributed by atoms with E-state index in [1.54, 1.807) is 35.5 Å². The minimum absolute atomic E-state index is 0.235. The van der Waals surface area contributed by atoms with Crippen LogP contribution in [0.1, 0.15) is 45.4 Å². The van der Waals surface area contributed by atoms with Gasteiger partial charge in [-0.2, -0.15) is 0 Å². The number of hydrogen-bond acceptors (Lipinski definition) is 7. The van der Waals surface area contributed by atoms with Gasteiger partial charge in [-0.25, -0.2) is 9.07 Å². The van der Waals surface area contributed by atoms with E-state index in [-0.39, 0.29) is 11.4 Å². The van der Waals surface area contributed by atoms with Crippen molar-refractivity contribution in [3.63, 3.8) is 0 Å². The van der Waals surface area contributed by atoms with E-state index in [2.05, 4.69) is 36.5 Å². The molecule has 0 bridgehead atoms. The van der Waals surface area contributed by atoms with Crippen molar-refractivity contribution >= 4 is 10.9 Å². The Kier molecular flexibility index (Phi) is 7.22. The van der Waals surface area contributed by atoms with Crippen molar-refractivity contribution < 1.29 is 8.81 Å². The number of nitrogens with one attached hydrogen (secondary N) is 1. The van der Waals surface area contributed by atoms with Gasteiger partial charge in [-0.3, -0.25) is 14.7 Å². The van der Waals surface area contributed by atoms with Gasteiger partial charge in [-0.15, -0.1) is 5.10 Å². The SMILES string of the molecule is Cc1cc(C)c2[nH]c(=O)c(C(c3nnnn3Cc3ccc(F)cc3)N(Cc3cccnc3)Cc3ccco3)cc2c1. The fraction of sp³-hybridized carbons (Fsp3) is 0.194. The molecule has 0 aliphatic heterocycles. The van der Waals surface area contributed by atoms with E-state index in [4.69, 9.17) is 4.42 Å². The molecule has 4 heterocycles. The van der Waals surface area contributed by atoms with Gasteiger partial charge < -0.3 is 9.40 Å². The summed E-state index contributed by atoms with van der Waals surface area (Å²) in [6.07, 6.45) is 5.14. The highest BCUT2D eigenvalue weighted by molar-refractivity contribution is 5.83. The number of pyridine rings is 2. The number of benzene rings is 2. The number of furan rings is 1. The van der Waals surface area contributed by atoms with E-state index in [0.29, 0.717) is 31.0 Å². The van der Waals surface area contributed by atoms with Crippen LogP contribution in [-0.4, -0.2) is 35.1 Å². The molecule has 1 atom stereocenters. The van der Waals surface area contributed by atoms with Crippen LogP contribution >= 0.6 is 0 Å². The highest BCUT2D eigenvalue weighted by atomic mass is 19.1. The largest absolute Gasteiger partial charge is 0.468 e. The summed E-state index contributed by atoms with van der Waals surface area (Å²) >= 11 is 0. The molecule has 10 heteroatoms. The molecular weight excluding hydrogens is 521 g/mol. The molecule has 6 aromatic rings. The zero-order valence-corrected chi connectivity index (χ0v) is 22.7. The van der Waals surface area contributed by atoms with Crippen LogP contribution in [0.15, 0.2) is 94.6 Å². The lowest BCUT2D eigenvalue weighted by Crippen LogP contribution is -2.35. The van der Waals surface area contributed by atoms with Gasteiger partial charge in [-0.1, -0.05) is 29.8 Å². The molecule has 2 aromatic carbocycles. The Bertz CT molecular complexity index is 1830. The predicted molar refractivity (Wildman–Crippen MR) is 151 cm³/mol. The van der Waals surface area contributed by atoms with Gasteiger partial charge in [-0.05, 0) is 88.8 Å². The van der Waals surface area contributed by atoms with E-state index in [1.165, 1.54) is 12.1 Å². The molecule has 0 fully saturated rings. The number of aromatic nitrogens is 6. The van der Waals surface area contributed by atoms with E-state index in [9.17, 15) is 9.18 Å². The highest BCUT2D eigenvalue weighted by Gasteiger charge is 2.31. The first-order valence-corrected chi connectivity index (χ1v) is 13.2. The second-order valence-electron chi connectivity index (χ2n) is 10.2. The van der Waals surface area contributed by atoms with Crippen molar-refractivity contribution in [2.45, 2.75) is 39.5 Å². The van der Waals surface area contributed by atoms with Crippen LogP contribution in [0, 0.1) is 19.7 Å². The molecule has 6 rings (SSSR count). The first-order chi connectivity index (χ1) is 19.9. The number of halogens is 1. The molecule has 9 nitrogen and oxygen atoms in total. The van der Waals surface area contributed by atoms with Gasteiger partial charge in [0.2, 0.25) is 0 Å². The van der Waals surface area contributed by atoms with Gasteiger partial charge in [0.25, 0.3) is 5.56 Å². The first kappa shape index (κ1) is 26.3. The van der Waals surface area contributed by atoms with Crippen LogP contribution in [0.4, 0.5) is 4.39 Å². The number of nitrogens with zero attached hydrogens (tertiary/aromatic N) is 6. The van der Waals surface area contributed by atoms with Crippen LogP contribution in [0.5, 0.6) is 0 Å².